The number of hydrogen-bond donors (Lipinski definition) is 1. The van der Waals surface area contributed by atoms with Gasteiger partial charge in [-0.05, 0) is 51.3 Å². The van der Waals surface area contributed by atoms with Gasteiger partial charge < -0.3 is 10.1 Å². The first-order valence-electron chi connectivity index (χ1n) is 7.34. The fourth-order valence-corrected chi connectivity index (χ4v) is 3.00. The zero-order valence-corrected chi connectivity index (χ0v) is 13.0. The number of amides is 1. The van der Waals surface area contributed by atoms with Gasteiger partial charge in [-0.25, -0.2) is 0 Å². The van der Waals surface area contributed by atoms with E-state index in [1.807, 2.05) is 45.0 Å². The molecule has 3 heteroatoms. The van der Waals surface area contributed by atoms with Gasteiger partial charge in [-0.1, -0.05) is 25.0 Å². The maximum absolute atomic E-state index is 12.8. The van der Waals surface area contributed by atoms with Gasteiger partial charge in [-0.3, -0.25) is 4.79 Å². The monoisotopic (exact) mass is 275 g/mol. The van der Waals surface area contributed by atoms with Crippen LogP contribution in [-0.4, -0.2) is 18.6 Å². The Bertz CT molecular complexity index is 465. The summed E-state index contributed by atoms with van der Waals surface area (Å²) in [5.74, 6) is 0.991. The summed E-state index contributed by atoms with van der Waals surface area (Å²) < 4.78 is 5.21. The summed E-state index contributed by atoms with van der Waals surface area (Å²) in [7, 11) is 1.66. The molecule has 0 spiro atoms. The van der Waals surface area contributed by atoms with Crippen molar-refractivity contribution >= 4 is 5.91 Å². The van der Waals surface area contributed by atoms with Crippen molar-refractivity contribution in [2.45, 2.75) is 57.4 Å². The fourth-order valence-electron chi connectivity index (χ4n) is 3.00. The molecule has 3 nitrogen and oxygen atoms in total. The minimum Gasteiger partial charge on any atom is -0.497 e. The lowest BCUT2D eigenvalue weighted by molar-refractivity contribution is -0.128. The minimum absolute atomic E-state index is 0.160. The SMILES string of the molecule is COc1ccc(C2(C(=O)NC(C)(C)C)CCCC2)cc1. The van der Waals surface area contributed by atoms with Gasteiger partial charge in [0.25, 0.3) is 0 Å². The highest BCUT2D eigenvalue weighted by Gasteiger charge is 2.43. The molecule has 0 bridgehead atoms. The predicted molar refractivity (Wildman–Crippen MR) is 81.0 cm³/mol. The molecule has 0 radical (unpaired) electrons. The van der Waals surface area contributed by atoms with E-state index in [4.69, 9.17) is 4.74 Å². The molecule has 1 aliphatic rings. The van der Waals surface area contributed by atoms with E-state index in [0.717, 1.165) is 37.0 Å². The number of ether oxygens (including phenoxy) is 1. The number of carbonyl (C=O) groups is 1. The molecule has 1 aromatic carbocycles. The van der Waals surface area contributed by atoms with Gasteiger partial charge in [0.2, 0.25) is 5.91 Å². The molecule has 1 N–H and O–H groups in total. The second-order valence-electron chi connectivity index (χ2n) is 6.72. The number of methoxy groups -OCH3 is 1. The van der Waals surface area contributed by atoms with E-state index >= 15 is 0 Å². The molecule has 0 aliphatic heterocycles. The fraction of sp³-hybridized carbons (Fsp3) is 0.588. The highest BCUT2D eigenvalue weighted by Crippen LogP contribution is 2.42. The number of benzene rings is 1. The normalized spacial score (nSPS) is 17.8. The van der Waals surface area contributed by atoms with Gasteiger partial charge >= 0.3 is 0 Å². The highest BCUT2D eigenvalue weighted by molar-refractivity contribution is 5.89. The van der Waals surface area contributed by atoms with Gasteiger partial charge in [0.15, 0.2) is 0 Å². The standard InChI is InChI=1S/C17H25NO2/c1-16(2,3)18-15(19)17(11-5-6-12-17)13-7-9-14(20-4)10-8-13/h7-10H,5-6,11-12H2,1-4H3,(H,18,19). The molecule has 20 heavy (non-hydrogen) atoms. The largest absolute Gasteiger partial charge is 0.497 e. The molecule has 2 rings (SSSR count). The third-order valence-electron chi connectivity index (χ3n) is 4.02. The van der Waals surface area contributed by atoms with Crippen molar-refractivity contribution < 1.29 is 9.53 Å². The Morgan fingerprint density at radius 3 is 2.15 bits per heavy atom. The molecule has 110 valence electrons. The molecule has 1 aliphatic carbocycles. The molecular weight excluding hydrogens is 250 g/mol. The maximum Gasteiger partial charge on any atom is 0.231 e. The van der Waals surface area contributed by atoms with Crippen LogP contribution in [0.1, 0.15) is 52.0 Å². The van der Waals surface area contributed by atoms with E-state index in [1.54, 1.807) is 7.11 Å². The van der Waals surface area contributed by atoms with E-state index in [2.05, 4.69) is 5.32 Å². The first-order chi connectivity index (χ1) is 9.37. The van der Waals surface area contributed by atoms with Crippen molar-refractivity contribution in [2.75, 3.05) is 7.11 Å². The molecule has 0 heterocycles. The Kier molecular flexibility index (Phi) is 4.07. The van der Waals surface area contributed by atoms with Gasteiger partial charge in [0.1, 0.15) is 5.75 Å². The number of carbonyl (C=O) groups excluding carboxylic acids is 1. The van der Waals surface area contributed by atoms with Crippen LogP contribution in [-0.2, 0) is 10.2 Å². The summed E-state index contributed by atoms with van der Waals surface area (Å²) in [5.41, 5.74) is 0.552. The molecule has 1 fully saturated rings. The van der Waals surface area contributed by atoms with E-state index in [9.17, 15) is 4.79 Å². The molecule has 0 saturated heterocycles. The summed E-state index contributed by atoms with van der Waals surface area (Å²) in [6.07, 6.45) is 4.09. The zero-order chi connectivity index (χ0) is 14.8. The van der Waals surface area contributed by atoms with Crippen LogP contribution in [0.3, 0.4) is 0 Å². The quantitative estimate of drug-likeness (QED) is 0.918. The molecule has 1 amide bonds. The van der Waals surface area contributed by atoms with Crippen LogP contribution in [0.5, 0.6) is 5.75 Å². The van der Waals surface area contributed by atoms with Crippen molar-refractivity contribution in [2.24, 2.45) is 0 Å². The molecule has 1 aromatic rings. The Labute approximate surface area is 121 Å². The van der Waals surface area contributed by atoms with Crippen molar-refractivity contribution in [3.63, 3.8) is 0 Å². The van der Waals surface area contributed by atoms with E-state index < -0.39 is 0 Å². The Morgan fingerprint density at radius 1 is 1.15 bits per heavy atom. The van der Waals surface area contributed by atoms with Crippen LogP contribution in [0, 0.1) is 0 Å². The van der Waals surface area contributed by atoms with Crippen LogP contribution < -0.4 is 10.1 Å². The topological polar surface area (TPSA) is 38.3 Å². The smallest absolute Gasteiger partial charge is 0.231 e. The minimum atomic E-state index is -0.362. The third-order valence-corrected chi connectivity index (χ3v) is 4.02. The molecule has 0 aromatic heterocycles. The van der Waals surface area contributed by atoms with Gasteiger partial charge in [0.05, 0.1) is 12.5 Å². The van der Waals surface area contributed by atoms with E-state index in [-0.39, 0.29) is 16.9 Å². The lowest BCUT2D eigenvalue weighted by Gasteiger charge is -2.32. The Balaban J connectivity index is 2.31. The number of rotatable bonds is 3. The van der Waals surface area contributed by atoms with Crippen molar-refractivity contribution in [1.29, 1.82) is 0 Å². The zero-order valence-electron chi connectivity index (χ0n) is 13.0. The van der Waals surface area contributed by atoms with Crippen LogP contribution in [0.4, 0.5) is 0 Å². The van der Waals surface area contributed by atoms with Crippen molar-refractivity contribution in [1.82, 2.24) is 5.32 Å². The third kappa shape index (κ3) is 2.97. The van der Waals surface area contributed by atoms with Gasteiger partial charge in [-0.15, -0.1) is 0 Å². The van der Waals surface area contributed by atoms with Crippen LogP contribution >= 0.6 is 0 Å². The molecule has 1 saturated carbocycles. The van der Waals surface area contributed by atoms with Crippen molar-refractivity contribution in [3.05, 3.63) is 29.8 Å². The summed E-state index contributed by atoms with van der Waals surface area (Å²) in [5, 5.41) is 3.16. The second kappa shape index (κ2) is 5.47. The van der Waals surface area contributed by atoms with Crippen LogP contribution in [0.15, 0.2) is 24.3 Å². The average Bonchev–Trinajstić information content (AvgIpc) is 2.87. The van der Waals surface area contributed by atoms with Gasteiger partial charge in [-0.2, -0.15) is 0 Å². The lowest BCUT2D eigenvalue weighted by Crippen LogP contribution is -2.50. The maximum atomic E-state index is 12.8. The molecule has 0 unspecified atom stereocenters. The second-order valence-corrected chi connectivity index (χ2v) is 6.72. The summed E-state index contributed by atoms with van der Waals surface area (Å²) in [6.45, 7) is 6.09. The van der Waals surface area contributed by atoms with E-state index in [0.29, 0.717) is 0 Å². The predicted octanol–water partition coefficient (Wildman–Crippen LogP) is 3.42. The van der Waals surface area contributed by atoms with E-state index in [1.165, 1.54) is 0 Å². The molecule has 0 atom stereocenters. The number of nitrogens with one attached hydrogen (secondary N) is 1. The van der Waals surface area contributed by atoms with Crippen molar-refractivity contribution in [3.8, 4) is 5.75 Å². The number of hydrogen-bond acceptors (Lipinski definition) is 2. The van der Waals surface area contributed by atoms with Crippen LogP contribution in [0.25, 0.3) is 0 Å². The van der Waals surface area contributed by atoms with Gasteiger partial charge in [0, 0.05) is 5.54 Å². The first-order valence-corrected chi connectivity index (χ1v) is 7.34. The summed E-state index contributed by atoms with van der Waals surface area (Å²) >= 11 is 0. The Hall–Kier alpha value is -1.51. The first kappa shape index (κ1) is 14.9. The lowest BCUT2D eigenvalue weighted by atomic mass is 9.77. The molecular formula is C17H25NO2. The van der Waals surface area contributed by atoms with Crippen LogP contribution in [0.2, 0.25) is 0 Å². The average molecular weight is 275 g/mol. The summed E-state index contributed by atoms with van der Waals surface area (Å²) in [6, 6.07) is 7.96. The highest BCUT2D eigenvalue weighted by atomic mass is 16.5. The Morgan fingerprint density at radius 2 is 1.70 bits per heavy atom. The summed E-state index contributed by atoms with van der Waals surface area (Å²) in [4.78, 5) is 12.8.